The number of piperidine rings is 1. The zero-order valence-electron chi connectivity index (χ0n) is 23.3. The highest BCUT2D eigenvalue weighted by Crippen LogP contribution is 2.38. The van der Waals surface area contributed by atoms with Crippen molar-refractivity contribution < 1.29 is 9.53 Å². The lowest BCUT2D eigenvalue weighted by atomic mass is 9.91. The van der Waals surface area contributed by atoms with Crippen LogP contribution in [0, 0.1) is 30.1 Å². The van der Waals surface area contributed by atoms with E-state index < -0.39 is 0 Å². The molecule has 0 radical (unpaired) electrons. The maximum Gasteiger partial charge on any atom is 0.270 e. The molecular weight excluding hydrogens is 528 g/mol. The summed E-state index contributed by atoms with van der Waals surface area (Å²) in [6, 6.07) is 9.71. The van der Waals surface area contributed by atoms with Gasteiger partial charge in [-0.1, -0.05) is 63.3 Å². The fraction of sp³-hybridized carbons (Fsp3) is 0.467. The van der Waals surface area contributed by atoms with Crippen LogP contribution in [0.4, 0.5) is 5.82 Å². The number of unbranched alkanes of at least 4 members (excludes halogenated alkanes) is 1. The number of anilines is 1. The van der Waals surface area contributed by atoms with E-state index >= 15 is 0 Å². The third kappa shape index (κ3) is 6.07. The molecule has 2 unspecified atom stereocenters. The predicted octanol–water partition coefficient (Wildman–Crippen LogP) is 5.72. The third-order valence-electron chi connectivity index (χ3n) is 7.40. The van der Waals surface area contributed by atoms with Crippen LogP contribution in [0.1, 0.15) is 62.3 Å². The molecule has 0 spiro atoms. The van der Waals surface area contributed by atoms with Crippen LogP contribution < -0.4 is 15.2 Å². The van der Waals surface area contributed by atoms with Crippen LogP contribution in [-0.4, -0.2) is 39.9 Å². The molecule has 7 nitrogen and oxygen atoms in total. The van der Waals surface area contributed by atoms with Crippen molar-refractivity contribution in [2.24, 2.45) is 11.8 Å². The van der Waals surface area contributed by atoms with E-state index in [1.54, 1.807) is 16.6 Å². The van der Waals surface area contributed by atoms with Gasteiger partial charge in [0.2, 0.25) is 0 Å². The van der Waals surface area contributed by atoms with Gasteiger partial charge >= 0.3 is 0 Å². The molecule has 4 rings (SSSR count). The SMILES string of the molecule is CCCCn1c(N2CC(C)CC(C)C2)c(/C=C2\SC(=S)N(Cc3ccc(OC)cc3)C2=O)c(C)c(C#N)c1=O. The molecule has 206 valence electrons. The van der Waals surface area contributed by atoms with Crippen molar-refractivity contribution in [1.29, 1.82) is 5.26 Å². The number of thiocarbonyl (C=S) groups is 1. The molecule has 9 heteroatoms. The zero-order valence-corrected chi connectivity index (χ0v) is 25.0. The van der Waals surface area contributed by atoms with E-state index in [1.165, 1.54) is 11.8 Å². The number of benzene rings is 1. The molecule has 2 saturated heterocycles. The minimum Gasteiger partial charge on any atom is -0.497 e. The Hall–Kier alpha value is -3.09. The Morgan fingerprint density at radius 1 is 1.18 bits per heavy atom. The molecule has 0 N–H and O–H groups in total. The van der Waals surface area contributed by atoms with E-state index in [9.17, 15) is 14.9 Å². The number of ether oxygens (including phenoxy) is 1. The molecule has 1 amide bonds. The highest BCUT2D eigenvalue weighted by atomic mass is 32.2. The number of carbonyl (C=O) groups excluding carboxylic acids is 1. The zero-order chi connectivity index (χ0) is 28.3. The van der Waals surface area contributed by atoms with Crippen molar-refractivity contribution in [2.45, 2.75) is 60.0 Å². The summed E-state index contributed by atoms with van der Waals surface area (Å²) in [6.07, 6.45) is 4.73. The second kappa shape index (κ2) is 12.4. The lowest BCUT2D eigenvalue weighted by Crippen LogP contribution is -2.43. The summed E-state index contributed by atoms with van der Waals surface area (Å²) >= 11 is 6.88. The van der Waals surface area contributed by atoms with Crippen LogP contribution in [0.2, 0.25) is 0 Å². The maximum absolute atomic E-state index is 13.6. The second-order valence-corrected chi connectivity index (χ2v) is 12.3. The van der Waals surface area contributed by atoms with Gasteiger partial charge in [-0.2, -0.15) is 5.26 Å². The smallest absolute Gasteiger partial charge is 0.270 e. The van der Waals surface area contributed by atoms with Crippen molar-refractivity contribution in [3.63, 3.8) is 0 Å². The number of hydrogen-bond acceptors (Lipinski definition) is 7. The monoisotopic (exact) mass is 564 g/mol. The van der Waals surface area contributed by atoms with Crippen molar-refractivity contribution in [2.75, 3.05) is 25.1 Å². The Morgan fingerprint density at radius 2 is 1.85 bits per heavy atom. The molecule has 2 aliphatic rings. The van der Waals surface area contributed by atoms with Gasteiger partial charge < -0.3 is 9.64 Å². The quantitative estimate of drug-likeness (QED) is 0.300. The van der Waals surface area contributed by atoms with Gasteiger partial charge in [0.15, 0.2) is 0 Å². The number of aromatic nitrogens is 1. The molecular formula is C30H36N4O3S2. The maximum atomic E-state index is 13.6. The Labute approximate surface area is 240 Å². The normalized spacial score (nSPS) is 20.6. The number of nitrogens with zero attached hydrogens (tertiary/aromatic N) is 4. The summed E-state index contributed by atoms with van der Waals surface area (Å²) < 4.78 is 7.50. The number of rotatable bonds is 8. The molecule has 1 aromatic carbocycles. The predicted molar refractivity (Wildman–Crippen MR) is 162 cm³/mol. The fourth-order valence-corrected chi connectivity index (χ4v) is 6.76. The molecule has 3 heterocycles. The topological polar surface area (TPSA) is 78.6 Å². The first-order valence-corrected chi connectivity index (χ1v) is 14.7. The van der Waals surface area contributed by atoms with Crippen LogP contribution >= 0.6 is 24.0 Å². The van der Waals surface area contributed by atoms with Crippen LogP contribution in [0.15, 0.2) is 34.0 Å². The van der Waals surface area contributed by atoms with Gasteiger partial charge in [0, 0.05) is 25.2 Å². The van der Waals surface area contributed by atoms with Gasteiger partial charge in [0.1, 0.15) is 27.5 Å². The fourth-order valence-electron chi connectivity index (χ4n) is 5.53. The second-order valence-electron chi connectivity index (χ2n) is 10.6. The summed E-state index contributed by atoms with van der Waals surface area (Å²) in [4.78, 5) is 31.5. The molecule has 2 aromatic rings. The average molecular weight is 565 g/mol. The molecule has 39 heavy (non-hydrogen) atoms. The van der Waals surface area contributed by atoms with E-state index in [2.05, 4.69) is 31.7 Å². The van der Waals surface area contributed by atoms with E-state index in [0.717, 1.165) is 55.0 Å². The summed E-state index contributed by atoms with van der Waals surface area (Å²) in [6.45, 7) is 10.9. The molecule has 0 aliphatic carbocycles. The van der Waals surface area contributed by atoms with E-state index in [4.69, 9.17) is 17.0 Å². The van der Waals surface area contributed by atoms with Crippen molar-refractivity contribution >= 4 is 46.1 Å². The average Bonchev–Trinajstić information content (AvgIpc) is 3.16. The van der Waals surface area contributed by atoms with E-state index in [1.807, 2.05) is 37.3 Å². The van der Waals surface area contributed by atoms with Crippen LogP contribution in [0.3, 0.4) is 0 Å². The number of methoxy groups -OCH3 is 1. The number of nitriles is 1. The van der Waals surface area contributed by atoms with Gasteiger partial charge in [0.05, 0.1) is 18.6 Å². The van der Waals surface area contributed by atoms with Crippen molar-refractivity contribution in [3.8, 4) is 11.8 Å². The Kier molecular flexibility index (Phi) is 9.19. The molecule has 0 bridgehead atoms. The number of pyridine rings is 1. The standard InChI is InChI=1S/C30H36N4O3S2/c1-6-7-12-33-27(32-16-19(2)13-20(3)17-32)24(21(4)25(15-31)28(33)35)14-26-29(36)34(30(38)39-26)18-22-8-10-23(37-5)11-9-22/h8-11,14,19-20H,6-7,12-13,16-18H2,1-5H3/b26-14-. The lowest BCUT2D eigenvalue weighted by molar-refractivity contribution is -0.122. The van der Waals surface area contributed by atoms with Gasteiger partial charge in [-0.25, -0.2) is 0 Å². The summed E-state index contributed by atoms with van der Waals surface area (Å²) in [5.74, 6) is 2.32. The van der Waals surface area contributed by atoms with Crippen LogP contribution in [0.25, 0.3) is 6.08 Å². The molecule has 2 aliphatic heterocycles. The van der Waals surface area contributed by atoms with Crippen molar-refractivity contribution in [1.82, 2.24) is 9.47 Å². The lowest BCUT2D eigenvalue weighted by Gasteiger charge is -2.39. The number of thioether (sulfide) groups is 1. The van der Waals surface area contributed by atoms with Crippen molar-refractivity contribution in [3.05, 3.63) is 61.8 Å². The highest BCUT2D eigenvalue weighted by Gasteiger charge is 2.34. The highest BCUT2D eigenvalue weighted by molar-refractivity contribution is 8.26. The van der Waals surface area contributed by atoms with Gasteiger partial charge in [-0.15, -0.1) is 0 Å². The summed E-state index contributed by atoms with van der Waals surface area (Å²) in [5.41, 5.74) is 2.19. The van der Waals surface area contributed by atoms with Gasteiger partial charge in [-0.3, -0.25) is 19.1 Å². The van der Waals surface area contributed by atoms with E-state index in [0.29, 0.717) is 39.7 Å². The Morgan fingerprint density at radius 3 is 2.44 bits per heavy atom. The van der Waals surface area contributed by atoms with E-state index in [-0.39, 0.29) is 17.0 Å². The third-order valence-corrected chi connectivity index (χ3v) is 8.78. The minimum absolute atomic E-state index is 0.132. The molecule has 1 aromatic heterocycles. The van der Waals surface area contributed by atoms with Gasteiger partial charge in [-0.05, 0) is 60.9 Å². The summed E-state index contributed by atoms with van der Waals surface area (Å²) in [7, 11) is 1.62. The molecule has 0 saturated carbocycles. The molecule has 2 atom stereocenters. The first-order chi connectivity index (χ1) is 18.7. The largest absolute Gasteiger partial charge is 0.497 e. The summed E-state index contributed by atoms with van der Waals surface area (Å²) in [5, 5.41) is 9.95. The number of amides is 1. The number of carbonyl (C=O) groups is 1. The Bertz CT molecular complexity index is 1380. The first-order valence-electron chi connectivity index (χ1n) is 13.5. The van der Waals surface area contributed by atoms with Gasteiger partial charge in [0.25, 0.3) is 11.5 Å². The minimum atomic E-state index is -0.256. The number of hydrogen-bond donors (Lipinski definition) is 0. The first kappa shape index (κ1) is 28.9. The van der Waals surface area contributed by atoms with Crippen LogP contribution in [0.5, 0.6) is 5.75 Å². The molecule has 2 fully saturated rings. The Balaban J connectivity index is 1.81. The van der Waals surface area contributed by atoms with Crippen LogP contribution in [-0.2, 0) is 17.9 Å².